The fourth-order valence-corrected chi connectivity index (χ4v) is 4.87. The van der Waals surface area contributed by atoms with Crippen LogP contribution in [0, 0.1) is 11.6 Å². The number of methoxy groups -OCH3 is 2. The van der Waals surface area contributed by atoms with Gasteiger partial charge in [0.1, 0.15) is 47.7 Å². The molecule has 0 saturated heterocycles. The number of anilines is 1. The average molecular weight is 649 g/mol. The van der Waals surface area contributed by atoms with Gasteiger partial charge in [0, 0.05) is 17.0 Å². The highest BCUT2D eigenvalue weighted by atomic mass is 32.2. The second-order valence-electron chi connectivity index (χ2n) is 10.1. The summed E-state index contributed by atoms with van der Waals surface area (Å²) in [6, 6.07) is 16.3. The van der Waals surface area contributed by atoms with Crippen LogP contribution in [0.15, 0.2) is 72.0 Å². The summed E-state index contributed by atoms with van der Waals surface area (Å²) < 4.78 is 53.0. The molecular weight excluding hydrogens is 618 g/mol. The van der Waals surface area contributed by atoms with Crippen molar-refractivity contribution in [3.8, 4) is 34.5 Å². The lowest BCUT2D eigenvalue weighted by Crippen LogP contribution is -2.19. The molecule has 2 aromatic heterocycles. The van der Waals surface area contributed by atoms with E-state index >= 15 is 8.78 Å². The fourth-order valence-electron chi connectivity index (χ4n) is 4.17. The van der Waals surface area contributed by atoms with E-state index in [0.717, 1.165) is 23.3 Å². The summed E-state index contributed by atoms with van der Waals surface area (Å²) in [6.07, 6.45) is 1.39. The van der Waals surface area contributed by atoms with E-state index < -0.39 is 23.2 Å². The number of H-pyrrole nitrogens is 1. The highest BCUT2D eigenvalue weighted by Gasteiger charge is 2.27. The minimum atomic E-state index is -1.03. The molecule has 3 aromatic carbocycles. The van der Waals surface area contributed by atoms with E-state index in [4.69, 9.17) is 18.9 Å². The van der Waals surface area contributed by atoms with Crippen molar-refractivity contribution in [2.45, 2.75) is 37.5 Å². The average Bonchev–Trinajstić information content (AvgIpc) is 3.60. The lowest BCUT2D eigenvalue weighted by atomic mass is 10.1. The number of carbonyl (C=O) groups is 1. The first-order valence-electron chi connectivity index (χ1n) is 14.0. The minimum Gasteiger partial charge on any atom is -0.497 e. The predicted molar refractivity (Wildman–Crippen MR) is 167 cm³/mol. The highest BCUT2D eigenvalue weighted by Crippen LogP contribution is 2.34. The van der Waals surface area contributed by atoms with Crippen LogP contribution in [0.1, 0.15) is 35.3 Å². The van der Waals surface area contributed by atoms with Gasteiger partial charge in [-0.2, -0.15) is 9.97 Å². The number of benzene rings is 3. The van der Waals surface area contributed by atoms with E-state index in [0.29, 0.717) is 11.5 Å². The maximum atomic E-state index is 15.2. The quantitative estimate of drug-likeness (QED) is 0.108. The summed E-state index contributed by atoms with van der Waals surface area (Å²) in [6.45, 7) is 3.94. The number of rotatable bonds is 13. The topological polar surface area (TPSA) is 133 Å². The lowest BCUT2D eigenvalue weighted by Gasteiger charge is -2.17. The van der Waals surface area contributed by atoms with Crippen LogP contribution in [-0.4, -0.2) is 50.8 Å². The summed E-state index contributed by atoms with van der Waals surface area (Å²) >= 11 is 1.33. The molecule has 2 N–H and O–H groups in total. The molecule has 11 nitrogen and oxygen atoms in total. The van der Waals surface area contributed by atoms with Crippen LogP contribution in [0.4, 0.5) is 14.5 Å². The van der Waals surface area contributed by atoms with Crippen LogP contribution in [0.25, 0.3) is 11.3 Å². The summed E-state index contributed by atoms with van der Waals surface area (Å²) in [7, 11) is 3.12. The Labute approximate surface area is 267 Å². The lowest BCUT2D eigenvalue weighted by molar-refractivity contribution is 0.101. The third-order valence-electron chi connectivity index (χ3n) is 6.45. The standard InChI is InChI=1S/C32H30F2N6O5S/c1-18(2)46-32-37-30(44-16-19-5-9-22(42-3)10-6-19)27(31(38-32)45-17-20-7-11-23(43-4)12-8-20)29(41)36-28-24(33)13-21(14-25(28)34)26-15-35-40-39-26/h5-15,18H,16-17H2,1-4H3,(H,36,41)(H,35,39,40). The van der Waals surface area contributed by atoms with Crippen LogP contribution in [0.2, 0.25) is 0 Å². The highest BCUT2D eigenvalue weighted by molar-refractivity contribution is 7.99. The Kier molecular flexibility index (Phi) is 10.3. The predicted octanol–water partition coefficient (Wildman–Crippen LogP) is 6.47. The third kappa shape index (κ3) is 7.88. The Morgan fingerprint density at radius 3 is 1.83 bits per heavy atom. The number of amides is 1. The normalized spacial score (nSPS) is 10.9. The number of aromatic amines is 1. The van der Waals surface area contributed by atoms with Gasteiger partial charge in [-0.15, -0.1) is 5.10 Å². The van der Waals surface area contributed by atoms with Gasteiger partial charge in [0.05, 0.1) is 14.2 Å². The van der Waals surface area contributed by atoms with Gasteiger partial charge in [-0.05, 0) is 47.5 Å². The van der Waals surface area contributed by atoms with Gasteiger partial charge in [0.25, 0.3) is 5.91 Å². The Morgan fingerprint density at radius 1 is 0.870 bits per heavy atom. The molecule has 0 spiro atoms. The number of carbonyl (C=O) groups excluding carboxylic acids is 1. The number of aromatic nitrogens is 5. The number of hydrogen-bond donors (Lipinski definition) is 2. The molecule has 0 aliphatic rings. The molecule has 0 radical (unpaired) electrons. The first-order valence-corrected chi connectivity index (χ1v) is 14.9. The first-order chi connectivity index (χ1) is 22.2. The Balaban J connectivity index is 1.52. The van der Waals surface area contributed by atoms with Crippen molar-refractivity contribution in [1.29, 1.82) is 0 Å². The van der Waals surface area contributed by atoms with Gasteiger partial charge in [-0.25, -0.2) is 8.78 Å². The first kappa shape index (κ1) is 32.2. The molecule has 238 valence electrons. The molecule has 46 heavy (non-hydrogen) atoms. The van der Waals surface area contributed by atoms with Crippen molar-refractivity contribution in [3.63, 3.8) is 0 Å². The number of halogens is 2. The van der Waals surface area contributed by atoms with Crippen LogP contribution in [0.3, 0.4) is 0 Å². The molecule has 0 bridgehead atoms. The van der Waals surface area contributed by atoms with E-state index in [-0.39, 0.29) is 52.2 Å². The van der Waals surface area contributed by atoms with Gasteiger partial charge in [-0.3, -0.25) is 9.89 Å². The summed E-state index contributed by atoms with van der Waals surface area (Å²) in [4.78, 5) is 22.8. The number of nitrogens with zero attached hydrogens (tertiary/aromatic N) is 4. The maximum Gasteiger partial charge on any atom is 0.266 e. The second-order valence-corrected chi connectivity index (χ2v) is 11.6. The summed E-state index contributed by atoms with van der Waals surface area (Å²) in [5.41, 5.74) is 0.947. The van der Waals surface area contributed by atoms with E-state index in [9.17, 15) is 4.79 Å². The minimum absolute atomic E-state index is 0.0140. The number of hydrogen-bond acceptors (Lipinski definition) is 10. The molecule has 0 aliphatic carbocycles. The smallest absolute Gasteiger partial charge is 0.266 e. The van der Waals surface area contributed by atoms with Gasteiger partial charge in [-0.1, -0.05) is 55.1 Å². The maximum absolute atomic E-state index is 15.2. The molecule has 5 rings (SSSR count). The zero-order valence-electron chi connectivity index (χ0n) is 25.3. The van der Waals surface area contributed by atoms with Crippen LogP contribution in [0.5, 0.6) is 23.3 Å². The Hall–Kier alpha value is -5.24. The van der Waals surface area contributed by atoms with Gasteiger partial charge >= 0.3 is 0 Å². The molecule has 5 aromatic rings. The molecule has 0 aliphatic heterocycles. The summed E-state index contributed by atoms with van der Waals surface area (Å²) in [5.74, 6) is -1.93. The Bertz CT molecular complexity index is 1690. The van der Waals surface area contributed by atoms with Crippen molar-refractivity contribution in [1.82, 2.24) is 25.4 Å². The number of ether oxygens (including phenoxy) is 4. The molecule has 14 heteroatoms. The van der Waals surface area contributed by atoms with Crippen molar-refractivity contribution < 1.29 is 32.5 Å². The van der Waals surface area contributed by atoms with Gasteiger partial charge < -0.3 is 24.3 Å². The van der Waals surface area contributed by atoms with Crippen molar-refractivity contribution >= 4 is 23.4 Å². The van der Waals surface area contributed by atoms with E-state index in [1.807, 2.05) is 13.8 Å². The van der Waals surface area contributed by atoms with E-state index in [2.05, 4.69) is 30.7 Å². The molecule has 2 heterocycles. The van der Waals surface area contributed by atoms with Crippen molar-refractivity contribution in [3.05, 3.63) is 95.2 Å². The summed E-state index contributed by atoms with van der Waals surface area (Å²) in [5, 5.41) is 12.5. The van der Waals surface area contributed by atoms with Crippen LogP contribution >= 0.6 is 11.8 Å². The zero-order valence-corrected chi connectivity index (χ0v) is 26.2. The molecule has 0 atom stereocenters. The molecular formula is C32H30F2N6O5S. The van der Waals surface area contributed by atoms with E-state index in [1.54, 1.807) is 62.8 Å². The SMILES string of the molecule is COc1ccc(COc2nc(SC(C)C)nc(OCc3ccc(OC)cc3)c2C(=O)Nc2c(F)cc(-c3c[nH]nn3)cc2F)cc1. The van der Waals surface area contributed by atoms with Crippen molar-refractivity contribution in [2.24, 2.45) is 0 Å². The number of thioether (sulfide) groups is 1. The number of nitrogens with one attached hydrogen (secondary N) is 2. The molecule has 1 amide bonds. The van der Waals surface area contributed by atoms with Gasteiger partial charge in [0.15, 0.2) is 10.7 Å². The molecule has 0 fully saturated rings. The Morgan fingerprint density at radius 2 is 1.39 bits per heavy atom. The third-order valence-corrected chi connectivity index (χ3v) is 7.32. The van der Waals surface area contributed by atoms with E-state index in [1.165, 1.54) is 18.0 Å². The largest absolute Gasteiger partial charge is 0.497 e. The molecule has 0 unspecified atom stereocenters. The zero-order chi connectivity index (χ0) is 32.6. The van der Waals surface area contributed by atoms with Crippen LogP contribution in [-0.2, 0) is 13.2 Å². The molecule has 0 saturated carbocycles. The fraction of sp³-hybridized carbons (Fsp3) is 0.219. The second kappa shape index (κ2) is 14.7. The van der Waals surface area contributed by atoms with Gasteiger partial charge in [0.2, 0.25) is 11.8 Å². The van der Waals surface area contributed by atoms with Crippen LogP contribution < -0.4 is 24.3 Å². The monoisotopic (exact) mass is 648 g/mol. The van der Waals surface area contributed by atoms with Crippen molar-refractivity contribution in [2.75, 3.05) is 19.5 Å².